The monoisotopic (exact) mass is 654 g/mol. The first kappa shape index (κ1) is 29.0. The molecule has 0 aliphatic heterocycles. The Morgan fingerprint density at radius 2 is 1.10 bits per heavy atom. The molecule has 2 heterocycles. The molecule has 0 N–H and O–H groups in total. The zero-order chi connectivity index (χ0) is 33.7. The molecular formula is C47H30N2O2. The molecule has 0 spiro atoms. The number of nitrogens with zero attached hydrogens (tertiary/aromatic N) is 2. The van der Waals surface area contributed by atoms with Crippen LogP contribution in [-0.2, 0) is 0 Å². The first-order valence-corrected chi connectivity index (χ1v) is 17.1. The first-order chi connectivity index (χ1) is 25.3. The summed E-state index contributed by atoms with van der Waals surface area (Å²) in [6, 6.07) is 63.4. The number of rotatable bonds is 6. The summed E-state index contributed by atoms with van der Waals surface area (Å²) in [4.78, 5) is 7.42. The van der Waals surface area contributed by atoms with Gasteiger partial charge in [0.2, 0.25) is 5.89 Å². The third-order valence-corrected chi connectivity index (χ3v) is 9.68. The van der Waals surface area contributed by atoms with E-state index in [9.17, 15) is 0 Å². The van der Waals surface area contributed by atoms with Gasteiger partial charge in [-0.2, -0.15) is 0 Å². The number of oxazole rings is 1. The maximum Gasteiger partial charge on any atom is 0.227 e. The minimum absolute atomic E-state index is 0.584. The van der Waals surface area contributed by atoms with Gasteiger partial charge in [0.25, 0.3) is 0 Å². The van der Waals surface area contributed by atoms with Crippen molar-refractivity contribution in [2.45, 2.75) is 0 Å². The number of anilines is 3. The summed E-state index contributed by atoms with van der Waals surface area (Å²) in [5.74, 6) is 0.584. The van der Waals surface area contributed by atoms with Crippen molar-refractivity contribution >= 4 is 60.9 Å². The highest BCUT2D eigenvalue weighted by molar-refractivity contribution is 6.16. The molecule has 0 aliphatic rings. The topological polar surface area (TPSA) is 42.4 Å². The van der Waals surface area contributed by atoms with E-state index in [2.05, 4.69) is 138 Å². The van der Waals surface area contributed by atoms with Crippen molar-refractivity contribution in [2.75, 3.05) is 4.90 Å². The molecule has 0 aliphatic carbocycles. The van der Waals surface area contributed by atoms with Crippen LogP contribution in [0.4, 0.5) is 17.1 Å². The standard InChI is InChI=1S/C47H30N2O2/c1-3-14-32(15-4-1)38-19-9-11-21-41(38)49(37-28-23-31-13-7-8-18-35(31)29-37)36-26-24-33(25-27-36)44-45-43(51-47(48-45)34-16-5-2-6-17-34)30-40-39-20-10-12-22-42(39)50-46(40)44/h1-30H. The minimum Gasteiger partial charge on any atom is -0.455 e. The maximum absolute atomic E-state index is 6.59. The first-order valence-electron chi connectivity index (χ1n) is 17.1. The summed E-state index contributed by atoms with van der Waals surface area (Å²) in [5, 5.41) is 4.44. The van der Waals surface area contributed by atoms with Crippen LogP contribution in [0, 0.1) is 0 Å². The predicted molar refractivity (Wildman–Crippen MR) is 210 cm³/mol. The molecule has 0 bridgehead atoms. The van der Waals surface area contributed by atoms with Gasteiger partial charge in [-0.15, -0.1) is 0 Å². The lowest BCUT2D eigenvalue weighted by Gasteiger charge is -2.28. The normalized spacial score (nSPS) is 11.5. The highest BCUT2D eigenvalue weighted by atomic mass is 16.4. The SMILES string of the molecule is c1ccc(-c2nc3c(-c4ccc(N(c5ccc6ccccc6c5)c5ccccc5-c5ccccc5)cc4)c4oc5ccccc5c4cc3o2)cc1. The fourth-order valence-electron chi connectivity index (χ4n) is 7.26. The Morgan fingerprint density at radius 3 is 1.92 bits per heavy atom. The van der Waals surface area contributed by atoms with E-state index < -0.39 is 0 Å². The van der Waals surface area contributed by atoms with E-state index in [4.69, 9.17) is 13.8 Å². The fourth-order valence-corrected chi connectivity index (χ4v) is 7.26. The van der Waals surface area contributed by atoms with Crippen molar-refractivity contribution in [3.63, 3.8) is 0 Å². The van der Waals surface area contributed by atoms with Crippen molar-refractivity contribution in [3.05, 3.63) is 182 Å². The molecule has 10 rings (SSSR count). The second kappa shape index (κ2) is 11.9. The summed E-state index contributed by atoms with van der Waals surface area (Å²) >= 11 is 0. The van der Waals surface area contributed by atoms with Crippen LogP contribution < -0.4 is 4.90 Å². The van der Waals surface area contributed by atoms with Crippen molar-refractivity contribution in [1.82, 2.24) is 4.98 Å². The van der Waals surface area contributed by atoms with Crippen LogP contribution in [0.3, 0.4) is 0 Å². The highest BCUT2D eigenvalue weighted by Gasteiger charge is 2.22. The van der Waals surface area contributed by atoms with E-state index in [1.165, 1.54) is 10.8 Å². The van der Waals surface area contributed by atoms with Gasteiger partial charge in [-0.3, -0.25) is 0 Å². The number of furan rings is 1. The lowest BCUT2D eigenvalue weighted by atomic mass is 9.99. The van der Waals surface area contributed by atoms with Gasteiger partial charge in [-0.25, -0.2) is 4.98 Å². The van der Waals surface area contributed by atoms with Crippen molar-refractivity contribution in [3.8, 4) is 33.7 Å². The molecule has 0 atom stereocenters. The zero-order valence-corrected chi connectivity index (χ0v) is 27.5. The molecule has 2 aromatic heterocycles. The second-order valence-corrected chi connectivity index (χ2v) is 12.8. The minimum atomic E-state index is 0.584. The second-order valence-electron chi connectivity index (χ2n) is 12.8. The van der Waals surface area contributed by atoms with E-state index in [0.29, 0.717) is 5.89 Å². The zero-order valence-electron chi connectivity index (χ0n) is 27.5. The summed E-state index contributed by atoms with van der Waals surface area (Å²) < 4.78 is 13.0. The average molecular weight is 655 g/mol. The molecule has 10 aromatic rings. The van der Waals surface area contributed by atoms with Gasteiger partial charge >= 0.3 is 0 Å². The summed E-state index contributed by atoms with van der Waals surface area (Å²) in [7, 11) is 0. The highest BCUT2D eigenvalue weighted by Crippen LogP contribution is 2.45. The molecular weight excluding hydrogens is 625 g/mol. The lowest BCUT2D eigenvalue weighted by molar-refractivity contribution is 0.620. The van der Waals surface area contributed by atoms with E-state index in [1.807, 2.05) is 48.5 Å². The third kappa shape index (κ3) is 4.96. The molecule has 0 amide bonds. The van der Waals surface area contributed by atoms with Gasteiger partial charge < -0.3 is 13.7 Å². The fraction of sp³-hybridized carbons (Fsp3) is 0. The molecule has 0 saturated heterocycles. The Morgan fingerprint density at radius 1 is 0.431 bits per heavy atom. The molecule has 51 heavy (non-hydrogen) atoms. The third-order valence-electron chi connectivity index (χ3n) is 9.68. The Hall–Kier alpha value is -6.91. The quantitative estimate of drug-likeness (QED) is 0.179. The largest absolute Gasteiger partial charge is 0.455 e. The number of fused-ring (bicyclic) bond motifs is 5. The summed E-state index contributed by atoms with van der Waals surface area (Å²) in [6.45, 7) is 0. The molecule has 4 heteroatoms. The molecule has 0 saturated carbocycles. The van der Waals surface area contributed by atoms with Gasteiger partial charge in [0.1, 0.15) is 16.7 Å². The van der Waals surface area contributed by atoms with E-state index >= 15 is 0 Å². The van der Waals surface area contributed by atoms with Crippen LogP contribution in [-0.4, -0.2) is 4.98 Å². The molecule has 0 radical (unpaired) electrons. The number of hydrogen-bond acceptors (Lipinski definition) is 4. The smallest absolute Gasteiger partial charge is 0.227 e. The van der Waals surface area contributed by atoms with Crippen LogP contribution >= 0.6 is 0 Å². The van der Waals surface area contributed by atoms with Crippen LogP contribution in [0.1, 0.15) is 0 Å². The predicted octanol–water partition coefficient (Wildman–Crippen LogP) is 13.4. The molecule has 8 aromatic carbocycles. The van der Waals surface area contributed by atoms with Crippen LogP contribution in [0.2, 0.25) is 0 Å². The van der Waals surface area contributed by atoms with Gasteiger partial charge in [0.05, 0.1) is 11.3 Å². The van der Waals surface area contributed by atoms with Gasteiger partial charge in [-0.05, 0) is 76.5 Å². The maximum atomic E-state index is 6.59. The van der Waals surface area contributed by atoms with E-state index in [0.717, 1.165) is 77.9 Å². The number of aromatic nitrogens is 1. The van der Waals surface area contributed by atoms with Crippen molar-refractivity contribution < 1.29 is 8.83 Å². The van der Waals surface area contributed by atoms with E-state index in [-0.39, 0.29) is 0 Å². The summed E-state index contributed by atoms with van der Waals surface area (Å²) in [6.07, 6.45) is 0. The lowest BCUT2D eigenvalue weighted by Crippen LogP contribution is -2.11. The van der Waals surface area contributed by atoms with E-state index in [1.54, 1.807) is 0 Å². The molecule has 0 fully saturated rings. The molecule has 0 unspecified atom stereocenters. The Balaban J connectivity index is 1.18. The number of para-hydroxylation sites is 2. The van der Waals surface area contributed by atoms with Crippen LogP contribution in [0.15, 0.2) is 191 Å². The van der Waals surface area contributed by atoms with Gasteiger partial charge in [0, 0.05) is 33.3 Å². The van der Waals surface area contributed by atoms with Crippen molar-refractivity contribution in [1.29, 1.82) is 0 Å². The Labute approximate surface area is 294 Å². The van der Waals surface area contributed by atoms with Gasteiger partial charge in [0.15, 0.2) is 5.58 Å². The Kier molecular flexibility index (Phi) is 6.78. The number of benzene rings is 8. The average Bonchev–Trinajstić information content (AvgIpc) is 3.80. The van der Waals surface area contributed by atoms with Crippen LogP contribution in [0.5, 0.6) is 0 Å². The Bertz CT molecular complexity index is 2850. The van der Waals surface area contributed by atoms with Crippen LogP contribution in [0.25, 0.3) is 77.5 Å². The van der Waals surface area contributed by atoms with Crippen molar-refractivity contribution in [2.24, 2.45) is 0 Å². The number of hydrogen-bond donors (Lipinski definition) is 0. The molecule has 240 valence electrons. The molecule has 4 nitrogen and oxygen atoms in total. The summed E-state index contributed by atoms with van der Waals surface area (Å²) in [5.41, 5.74) is 11.5. The van der Waals surface area contributed by atoms with Gasteiger partial charge in [-0.1, -0.05) is 127 Å².